The highest BCUT2D eigenvalue weighted by molar-refractivity contribution is 7.18. The molecular formula is C17H24N4O2S. The van der Waals surface area contributed by atoms with Gasteiger partial charge >= 0.3 is 0 Å². The highest BCUT2D eigenvalue weighted by atomic mass is 32.1. The summed E-state index contributed by atoms with van der Waals surface area (Å²) in [6, 6.07) is 0.192. The van der Waals surface area contributed by atoms with E-state index in [0.29, 0.717) is 12.6 Å². The number of thiophene rings is 1. The average Bonchev–Trinajstić information content (AvgIpc) is 2.92. The molecule has 0 spiro atoms. The summed E-state index contributed by atoms with van der Waals surface area (Å²) >= 11 is 1.55. The standard InChI is InChI=1S/C17H24N4O2S/c1-17(2)8-11-12(9-23-17)24-14-13(11)15(22)21(16(19-14)20-18)10-6-4-3-5-7-10/h10H,3-9,18H2,1-2H3,(H,19,20). The van der Waals surface area contributed by atoms with E-state index < -0.39 is 0 Å². The van der Waals surface area contributed by atoms with Crippen LogP contribution in [0.25, 0.3) is 10.2 Å². The second kappa shape index (κ2) is 5.82. The molecule has 24 heavy (non-hydrogen) atoms. The van der Waals surface area contributed by atoms with Crippen LogP contribution >= 0.6 is 11.3 Å². The summed E-state index contributed by atoms with van der Waals surface area (Å²) in [7, 11) is 0. The smallest absolute Gasteiger partial charge is 0.264 e. The molecule has 0 saturated heterocycles. The normalized spacial score (nSPS) is 21.0. The second-order valence-corrected chi connectivity index (χ2v) is 8.54. The van der Waals surface area contributed by atoms with E-state index in [-0.39, 0.29) is 17.2 Å². The fraction of sp³-hybridized carbons (Fsp3) is 0.647. The Morgan fingerprint density at radius 3 is 2.79 bits per heavy atom. The third-order valence-electron chi connectivity index (χ3n) is 5.21. The third-order valence-corrected chi connectivity index (χ3v) is 6.31. The van der Waals surface area contributed by atoms with Gasteiger partial charge in [0.2, 0.25) is 5.95 Å². The van der Waals surface area contributed by atoms with Crippen molar-refractivity contribution in [2.75, 3.05) is 5.43 Å². The number of anilines is 1. The number of nitrogens with one attached hydrogen (secondary N) is 1. The Morgan fingerprint density at radius 1 is 1.33 bits per heavy atom. The molecule has 1 fully saturated rings. The molecule has 1 aliphatic carbocycles. The Kier molecular flexibility index (Phi) is 3.89. The molecule has 130 valence electrons. The quantitative estimate of drug-likeness (QED) is 0.644. The Hall–Kier alpha value is -1.44. The van der Waals surface area contributed by atoms with Gasteiger partial charge in [0.25, 0.3) is 5.56 Å². The topological polar surface area (TPSA) is 82.2 Å². The predicted molar refractivity (Wildman–Crippen MR) is 96.4 cm³/mol. The Bertz CT molecular complexity index is 833. The largest absolute Gasteiger partial charge is 0.370 e. The number of rotatable bonds is 2. The van der Waals surface area contributed by atoms with Crippen molar-refractivity contribution in [3.63, 3.8) is 0 Å². The van der Waals surface area contributed by atoms with E-state index >= 15 is 0 Å². The molecule has 0 aromatic carbocycles. The van der Waals surface area contributed by atoms with Crippen LogP contribution < -0.4 is 16.8 Å². The lowest BCUT2D eigenvalue weighted by molar-refractivity contribution is -0.0379. The van der Waals surface area contributed by atoms with E-state index in [4.69, 9.17) is 10.6 Å². The van der Waals surface area contributed by atoms with Gasteiger partial charge in [-0.2, -0.15) is 0 Å². The summed E-state index contributed by atoms with van der Waals surface area (Å²) in [5, 5.41) is 0.774. The van der Waals surface area contributed by atoms with Crippen LogP contribution in [0.3, 0.4) is 0 Å². The van der Waals surface area contributed by atoms with Gasteiger partial charge in [-0.25, -0.2) is 10.8 Å². The van der Waals surface area contributed by atoms with Gasteiger partial charge in [0.1, 0.15) is 4.83 Å². The number of nitrogens with zero attached hydrogens (tertiary/aromatic N) is 2. The molecule has 0 unspecified atom stereocenters. The molecule has 0 atom stereocenters. The zero-order valence-corrected chi connectivity index (χ0v) is 15.0. The lowest BCUT2D eigenvalue weighted by Crippen LogP contribution is -2.34. The summed E-state index contributed by atoms with van der Waals surface area (Å²) in [5.74, 6) is 6.17. The molecule has 2 aromatic rings. The van der Waals surface area contributed by atoms with Crippen LogP contribution in [0.5, 0.6) is 0 Å². The third kappa shape index (κ3) is 2.55. The van der Waals surface area contributed by atoms with Gasteiger partial charge in [0.15, 0.2) is 0 Å². The first-order valence-corrected chi connectivity index (χ1v) is 9.49. The number of nitrogen functional groups attached to an aromatic ring is 1. The van der Waals surface area contributed by atoms with Gasteiger partial charge in [-0.1, -0.05) is 19.3 Å². The van der Waals surface area contributed by atoms with Gasteiger partial charge < -0.3 is 4.74 Å². The maximum atomic E-state index is 13.3. The van der Waals surface area contributed by atoms with Crippen molar-refractivity contribution in [1.82, 2.24) is 9.55 Å². The van der Waals surface area contributed by atoms with E-state index in [2.05, 4.69) is 24.3 Å². The van der Waals surface area contributed by atoms with Gasteiger partial charge in [-0.15, -0.1) is 11.3 Å². The van der Waals surface area contributed by atoms with Crippen LogP contribution in [0.15, 0.2) is 4.79 Å². The zero-order chi connectivity index (χ0) is 16.9. The predicted octanol–water partition coefficient (Wildman–Crippen LogP) is 3.10. The minimum atomic E-state index is -0.242. The number of hydrogen-bond acceptors (Lipinski definition) is 6. The molecule has 7 heteroatoms. The van der Waals surface area contributed by atoms with E-state index in [1.807, 2.05) is 0 Å². The molecule has 6 nitrogen and oxygen atoms in total. The molecule has 1 aliphatic heterocycles. The molecular weight excluding hydrogens is 324 g/mol. The van der Waals surface area contributed by atoms with Crippen molar-refractivity contribution < 1.29 is 4.74 Å². The molecule has 3 heterocycles. The first-order chi connectivity index (χ1) is 11.5. The molecule has 4 rings (SSSR count). The van der Waals surface area contributed by atoms with E-state index in [1.165, 1.54) is 6.42 Å². The number of fused-ring (bicyclic) bond motifs is 3. The lowest BCUT2D eigenvalue weighted by Gasteiger charge is -2.30. The van der Waals surface area contributed by atoms with Crippen molar-refractivity contribution in [3.8, 4) is 0 Å². The van der Waals surface area contributed by atoms with Crippen molar-refractivity contribution in [2.45, 2.75) is 70.6 Å². The highest BCUT2D eigenvalue weighted by Crippen LogP contribution is 2.38. The van der Waals surface area contributed by atoms with Gasteiger partial charge in [-0.3, -0.25) is 14.8 Å². The lowest BCUT2D eigenvalue weighted by atomic mass is 9.93. The fourth-order valence-electron chi connectivity index (χ4n) is 3.98. The highest BCUT2D eigenvalue weighted by Gasteiger charge is 2.32. The van der Waals surface area contributed by atoms with Gasteiger partial charge in [0, 0.05) is 17.3 Å². The SMILES string of the molecule is CC1(C)Cc2c(sc3nc(NN)n(C4CCCCC4)c(=O)c23)CO1. The summed E-state index contributed by atoms with van der Waals surface area (Å²) in [6.45, 7) is 4.70. The first kappa shape index (κ1) is 16.1. The molecule has 3 N–H and O–H groups in total. The Balaban J connectivity index is 1.93. The number of hydrazine groups is 1. The average molecular weight is 348 g/mol. The van der Waals surface area contributed by atoms with Gasteiger partial charge in [-0.05, 0) is 32.3 Å². The summed E-state index contributed by atoms with van der Waals surface area (Å²) in [5.41, 5.74) is 3.58. The second-order valence-electron chi connectivity index (χ2n) is 7.46. The molecule has 0 amide bonds. The van der Waals surface area contributed by atoms with Crippen LogP contribution in [0, 0.1) is 0 Å². The van der Waals surface area contributed by atoms with Crippen LogP contribution in [-0.2, 0) is 17.8 Å². The molecule has 2 aliphatic rings. The Labute approximate surface area is 145 Å². The minimum absolute atomic E-state index is 0.0510. The van der Waals surface area contributed by atoms with E-state index in [9.17, 15) is 4.79 Å². The van der Waals surface area contributed by atoms with Crippen LogP contribution in [0.4, 0.5) is 5.95 Å². The van der Waals surface area contributed by atoms with Crippen molar-refractivity contribution in [2.24, 2.45) is 5.84 Å². The number of nitrogens with two attached hydrogens (primary N) is 1. The summed E-state index contributed by atoms with van der Waals surface area (Å²) in [6.07, 6.45) is 6.33. The number of hydrogen-bond donors (Lipinski definition) is 2. The molecule has 2 aromatic heterocycles. The molecule has 1 saturated carbocycles. The van der Waals surface area contributed by atoms with Gasteiger partial charge in [0.05, 0.1) is 17.6 Å². The van der Waals surface area contributed by atoms with Crippen LogP contribution in [-0.4, -0.2) is 15.2 Å². The zero-order valence-electron chi connectivity index (χ0n) is 14.2. The fourth-order valence-corrected chi connectivity index (χ4v) is 5.08. The molecule has 0 radical (unpaired) electrons. The summed E-state index contributed by atoms with van der Waals surface area (Å²) < 4.78 is 7.70. The van der Waals surface area contributed by atoms with Crippen LogP contribution in [0.1, 0.15) is 62.4 Å². The number of aromatic nitrogens is 2. The van der Waals surface area contributed by atoms with Crippen molar-refractivity contribution in [3.05, 3.63) is 20.8 Å². The summed E-state index contributed by atoms with van der Waals surface area (Å²) in [4.78, 5) is 19.9. The first-order valence-electron chi connectivity index (χ1n) is 8.67. The maximum absolute atomic E-state index is 13.3. The van der Waals surface area contributed by atoms with E-state index in [1.54, 1.807) is 15.9 Å². The monoisotopic (exact) mass is 348 g/mol. The Morgan fingerprint density at radius 2 is 2.08 bits per heavy atom. The van der Waals surface area contributed by atoms with Crippen LogP contribution in [0.2, 0.25) is 0 Å². The maximum Gasteiger partial charge on any atom is 0.264 e. The van der Waals surface area contributed by atoms with Crippen molar-refractivity contribution >= 4 is 27.5 Å². The number of ether oxygens (including phenoxy) is 1. The van der Waals surface area contributed by atoms with E-state index in [0.717, 1.165) is 52.8 Å². The van der Waals surface area contributed by atoms with Crippen molar-refractivity contribution in [1.29, 1.82) is 0 Å². The minimum Gasteiger partial charge on any atom is -0.370 e. The molecule has 0 bridgehead atoms.